The first-order chi connectivity index (χ1) is 8.06. The molecule has 94 valence electrons. The van der Waals surface area contributed by atoms with E-state index < -0.39 is 18.4 Å². The third-order valence-electron chi connectivity index (χ3n) is 1.99. The Morgan fingerprint density at radius 2 is 2.29 bits per heavy atom. The highest BCUT2D eigenvalue weighted by Crippen LogP contribution is 2.19. The number of carboxylic acid groups (broad SMARTS) is 1. The van der Waals surface area contributed by atoms with E-state index in [1.54, 1.807) is 6.07 Å². The smallest absolute Gasteiger partial charge is 0.323 e. The molecule has 0 aliphatic rings. The molecule has 0 radical (unpaired) electrons. The van der Waals surface area contributed by atoms with E-state index in [2.05, 4.69) is 15.9 Å². The highest BCUT2D eigenvalue weighted by molar-refractivity contribution is 9.10. The number of halogens is 1. The predicted octanol–water partition coefficient (Wildman–Crippen LogP) is 1.22. The Hall–Kier alpha value is -1.34. The Morgan fingerprint density at radius 3 is 2.76 bits per heavy atom. The van der Waals surface area contributed by atoms with E-state index in [1.807, 2.05) is 0 Å². The number of hydrogen-bond donors (Lipinski definition) is 1. The van der Waals surface area contributed by atoms with Crippen LogP contribution < -0.4 is 0 Å². The van der Waals surface area contributed by atoms with Crippen molar-refractivity contribution in [1.29, 1.82) is 0 Å². The van der Waals surface area contributed by atoms with Crippen molar-refractivity contribution >= 4 is 27.8 Å². The molecule has 1 amide bonds. The summed E-state index contributed by atoms with van der Waals surface area (Å²) >= 11 is 3.15. The van der Waals surface area contributed by atoms with Crippen LogP contribution >= 0.6 is 15.9 Å². The largest absolute Gasteiger partial charge is 0.480 e. The molecule has 0 spiro atoms. The molecule has 7 heteroatoms. The zero-order valence-corrected chi connectivity index (χ0v) is 10.8. The normalized spacial score (nSPS) is 10.2. The van der Waals surface area contributed by atoms with Crippen LogP contribution in [0.3, 0.4) is 0 Å². The summed E-state index contributed by atoms with van der Waals surface area (Å²) in [7, 11) is 1.48. The molecule has 1 N–H and O–H groups in total. The first-order valence-corrected chi connectivity index (χ1v) is 5.58. The number of hydrogen-bond acceptors (Lipinski definition) is 4. The van der Waals surface area contributed by atoms with Gasteiger partial charge in [0.15, 0.2) is 0 Å². The van der Waals surface area contributed by atoms with Crippen molar-refractivity contribution in [1.82, 2.24) is 4.90 Å². The van der Waals surface area contributed by atoms with Crippen molar-refractivity contribution in [3.63, 3.8) is 0 Å². The number of furan rings is 1. The van der Waals surface area contributed by atoms with Gasteiger partial charge in [-0.1, -0.05) is 0 Å². The van der Waals surface area contributed by atoms with E-state index in [-0.39, 0.29) is 18.9 Å². The topological polar surface area (TPSA) is 80.0 Å². The monoisotopic (exact) mass is 305 g/mol. The van der Waals surface area contributed by atoms with Crippen LogP contribution in [0.15, 0.2) is 21.2 Å². The van der Waals surface area contributed by atoms with E-state index in [1.165, 1.54) is 13.4 Å². The molecule has 17 heavy (non-hydrogen) atoms. The number of rotatable bonds is 6. The van der Waals surface area contributed by atoms with Crippen LogP contribution in [-0.2, 0) is 9.53 Å². The Morgan fingerprint density at radius 1 is 1.59 bits per heavy atom. The lowest BCUT2D eigenvalue weighted by molar-refractivity contribution is -0.137. The van der Waals surface area contributed by atoms with Gasteiger partial charge in [0.1, 0.15) is 6.54 Å². The highest BCUT2D eigenvalue weighted by Gasteiger charge is 2.22. The minimum atomic E-state index is -1.09. The number of carbonyl (C=O) groups is 2. The minimum Gasteiger partial charge on any atom is -0.480 e. The van der Waals surface area contributed by atoms with Crippen molar-refractivity contribution in [3.8, 4) is 0 Å². The molecule has 0 fully saturated rings. The van der Waals surface area contributed by atoms with Crippen LogP contribution in [0.4, 0.5) is 0 Å². The van der Waals surface area contributed by atoms with Gasteiger partial charge in [-0.2, -0.15) is 0 Å². The molecule has 1 aromatic rings. The summed E-state index contributed by atoms with van der Waals surface area (Å²) in [5.74, 6) is -1.49. The number of carbonyl (C=O) groups excluding carboxylic acids is 1. The maximum atomic E-state index is 12.0. The Bertz CT molecular complexity index is 403. The Balaban J connectivity index is 2.78. The highest BCUT2D eigenvalue weighted by atomic mass is 79.9. The molecule has 0 unspecified atom stereocenters. The van der Waals surface area contributed by atoms with E-state index in [0.29, 0.717) is 4.47 Å². The van der Waals surface area contributed by atoms with Crippen LogP contribution in [0, 0.1) is 0 Å². The van der Waals surface area contributed by atoms with Gasteiger partial charge in [0.25, 0.3) is 5.91 Å². The van der Waals surface area contributed by atoms with Crippen LogP contribution in [0.1, 0.15) is 10.6 Å². The van der Waals surface area contributed by atoms with Crippen LogP contribution in [0.25, 0.3) is 0 Å². The fourth-order valence-corrected chi connectivity index (χ4v) is 1.58. The number of aliphatic carboxylic acids is 1. The van der Waals surface area contributed by atoms with Crippen molar-refractivity contribution in [3.05, 3.63) is 22.6 Å². The number of carboxylic acids is 1. The number of methoxy groups -OCH3 is 1. The molecule has 0 bridgehead atoms. The maximum Gasteiger partial charge on any atom is 0.323 e. The molecular weight excluding hydrogens is 294 g/mol. The summed E-state index contributed by atoms with van der Waals surface area (Å²) in [4.78, 5) is 23.8. The van der Waals surface area contributed by atoms with Crippen LogP contribution in [0.2, 0.25) is 0 Å². The van der Waals surface area contributed by atoms with Crippen molar-refractivity contribution in [2.75, 3.05) is 26.8 Å². The molecule has 0 atom stereocenters. The van der Waals surface area contributed by atoms with Gasteiger partial charge in [-0.05, 0) is 22.0 Å². The SMILES string of the molecule is COCCN(CC(=O)O)C(=O)c1occc1Br. The van der Waals surface area contributed by atoms with Gasteiger partial charge < -0.3 is 19.2 Å². The zero-order chi connectivity index (χ0) is 12.8. The zero-order valence-electron chi connectivity index (χ0n) is 9.18. The van der Waals surface area contributed by atoms with Gasteiger partial charge >= 0.3 is 5.97 Å². The second kappa shape index (κ2) is 6.41. The lowest BCUT2D eigenvalue weighted by atomic mass is 10.3. The third kappa shape index (κ3) is 3.86. The second-order valence-electron chi connectivity index (χ2n) is 3.21. The maximum absolute atomic E-state index is 12.0. The lowest BCUT2D eigenvalue weighted by Crippen LogP contribution is -2.37. The van der Waals surface area contributed by atoms with Crippen LogP contribution in [-0.4, -0.2) is 48.7 Å². The fourth-order valence-electron chi connectivity index (χ4n) is 1.21. The number of amides is 1. The van der Waals surface area contributed by atoms with Crippen molar-refractivity contribution in [2.24, 2.45) is 0 Å². The average molecular weight is 306 g/mol. The van der Waals surface area contributed by atoms with Gasteiger partial charge in [-0.3, -0.25) is 9.59 Å². The molecule has 0 aliphatic carbocycles. The van der Waals surface area contributed by atoms with E-state index >= 15 is 0 Å². The third-order valence-corrected chi connectivity index (χ3v) is 2.61. The van der Waals surface area contributed by atoms with Gasteiger partial charge in [0, 0.05) is 13.7 Å². The van der Waals surface area contributed by atoms with Gasteiger partial charge in [0.05, 0.1) is 17.3 Å². The molecular formula is C10H12BrNO5. The molecule has 1 aromatic heterocycles. The summed E-state index contributed by atoms with van der Waals surface area (Å²) in [5, 5.41) is 8.72. The minimum absolute atomic E-state index is 0.0855. The standard InChI is InChI=1S/C10H12BrNO5/c1-16-5-3-12(6-8(13)14)10(15)9-7(11)2-4-17-9/h2,4H,3,5-6H2,1H3,(H,13,14). The van der Waals surface area contributed by atoms with E-state index in [0.717, 1.165) is 4.90 Å². The summed E-state index contributed by atoms with van der Waals surface area (Å²) in [6, 6.07) is 1.57. The molecule has 1 rings (SSSR count). The number of nitrogens with zero attached hydrogens (tertiary/aromatic N) is 1. The van der Waals surface area contributed by atoms with Crippen molar-refractivity contribution in [2.45, 2.75) is 0 Å². The predicted molar refractivity (Wildman–Crippen MR) is 61.8 cm³/mol. The quantitative estimate of drug-likeness (QED) is 0.854. The number of ether oxygens (including phenoxy) is 1. The average Bonchev–Trinajstić information content (AvgIpc) is 2.69. The summed E-state index contributed by atoms with van der Waals surface area (Å²) in [5.41, 5.74) is 0. The molecule has 6 nitrogen and oxygen atoms in total. The van der Waals surface area contributed by atoms with Gasteiger partial charge in [-0.25, -0.2) is 0 Å². The second-order valence-corrected chi connectivity index (χ2v) is 4.07. The first kappa shape index (κ1) is 13.7. The van der Waals surface area contributed by atoms with Gasteiger partial charge in [0.2, 0.25) is 5.76 Å². The van der Waals surface area contributed by atoms with Crippen molar-refractivity contribution < 1.29 is 23.8 Å². The van der Waals surface area contributed by atoms with E-state index in [4.69, 9.17) is 14.3 Å². The molecule has 0 aliphatic heterocycles. The van der Waals surface area contributed by atoms with Gasteiger partial charge in [-0.15, -0.1) is 0 Å². The molecule has 0 saturated heterocycles. The molecule has 1 heterocycles. The molecule has 0 aromatic carbocycles. The molecule has 0 saturated carbocycles. The summed E-state index contributed by atoms with van der Waals surface area (Å²) < 4.78 is 10.3. The lowest BCUT2D eigenvalue weighted by Gasteiger charge is -2.19. The fraction of sp³-hybridized carbons (Fsp3) is 0.400. The van der Waals surface area contributed by atoms with Crippen LogP contribution in [0.5, 0.6) is 0 Å². The Labute approximate surface area is 106 Å². The van der Waals surface area contributed by atoms with E-state index in [9.17, 15) is 9.59 Å². The summed E-state index contributed by atoms with van der Waals surface area (Å²) in [6.45, 7) is 0.0570. The first-order valence-electron chi connectivity index (χ1n) is 4.79. The Kier molecular flexibility index (Phi) is 5.17. The summed E-state index contributed by atoms with van der Waals surface area (Å²) in [6.07, 6.45) is 1.35.